The molecule has 0 spiro atoms. The first-order valence-electron chi connectivity index (χ1n) is 4.76. The molecule has 0 aliphatic carbocycles. The molecule has 1 N–H and O–H groups in total. The Morgan fingerprint density at radius 1 is 1.38 bits per heavy atom. The largest absolute Gasteiger partial charge is 0.313 e. The molecule has 2 heteroatoms. The molecular formula is C11H14N2. The van der Waals surface area contributed by atoms with Crippen molar-refractivity contribution in [1.82, 2.24) is 10.3 Å². The third kappa shape index (κ3) is 2.39. The standard InChI is InChI=1S/C11H14N2/c1-2-7-13-11(5-1)8-10-4-3-6-12-9-10/h1-2,5,7-8,12H,3-4,6,9H2/b10-8-. The summed E-state index contributed by atoms with van der Waals surface area (Å²) in [7, 11) is 0. The van der Waals surface area contributed by atoms with Crippen molar-refractivity contribution in [3.05, 3.63) is 35.7 Å². The van der Waals surface area contributed by atoms with Crippen LogP contribution >= 0.6 is 0 Å². The van der Waals surface area contributed by atoms with Crippen LogP contribution < -0.4 is 5.32 Å². The van der Waals surface area contributed by atoms with Crippen LogP contribution in [0.15, 0.2) is 30.0 Å². The SMILES string of the molecule is C(=C1\CCCNC1)/c1ccccn1. The molecule has 68 valence electrons. The van der Waals surface area contributed by atoms with Gasteiger partial charge in [0.25, 0.3) is 0 Å². The van der Waals surface area contributed by atoms with Gasteiger partial charge < -0.3 is 5.32 Å². The average Bonchev–Trinajstić information content (AvgIpc) is 2.21. The molecule has 0 radical (unpaired) electrons. The highest BCUT2D eigenvalue weighted by atomic mass is 14.9. The van der Waals surface area contributed by atoms with Gasteiger partial charge in [-0.25, -0.2) is 0 Å². The molecule has 1 aliphatic heterocycles. The monoisotopic (exact) mass is 174 g/mol. The van der Waals surface area contributed by atoms with Crippen molar-refractivity contribution in [3.63, 3.8) is 0 Å². The van der Waals surface area contributed by atoms with E-state index in [9.17, 15) is 0 Å². The first kappa shape index (κ1) is 8.45. The zero-order valence-electron chi connectivity index (χ0n) is 7.66. The van der Waals surface area contributed by atoms with Gasteiger partial charge in [-0.3, -0.25) is 4.98 Å². The first-order valence-corrected chi connectivity index (χ1v) is 4.76. The van der Waals surface area contributed by atoms with Crippen LogP contribution in [0.1, 0.15) is 18.5 Å². The molecule has 1 saturated heterocycles. The average molecular weight is 174 g/mol. The zero-order chi connectivity index (χ0) is 8.93. The molecule has 0 aromatic carbocycles. The maximum absolute atomic E-state index is 4.27. The van der Waals surface area contributed by atoms with E-state index in [2.05, 4.69) is 16.4 Å². The summed E-state index contributed by atoms with van der Waals surface area (Å²) >= 11 is 0. The summed E-state index contributed by atoms with van der Waals surface area (Å²) in [6.07, 6.45) is 6.48. The van der Waals surface area contributed by atoms with E-state index in [1.165, 1.54) is 18.4 Å². The fourth-order valence-corrected chi connectivity index (χ4v) is 1.57. The van der Waals surface area contributed by atoms with Gasteiger partial charge in [-0.2, -0.15) is 0 Å². The molecule has 2 nitrogen and oxygen atoms in total. The van der Waals surface area contributed by atoms with E-state index < -0.39 is 0 Å². The lowest BCUT2D eigenvalue weighted by molar-refractivity contribution is 0.613. The summed E-state index contributed by atoms with van der Waals surface area (Å²) < 4.78 is 0. The van der Waals surface area contributed by atoms with Crippen molar-refractivity contribution in [1.29, 1.82) is 0 Å². The smallest absolute Gasteiger partial charge is 0.0629 e. The number of hydrogen-bond acceptors (Lipinski definition) is 2. The second kappa shape index (κ2) is 4.19. The van der Waals surface area contributed by atoms with Gasteiger partial charge in [0.15, 0.2) is 0 Å². The second-order valence-electron chi connectivity index (χ2n) is 3.34. The fourth-order valence-electron chi connectivity index (χ4n) is 1.57. The number of aromatic nitrogens is 1. The molecular weight excluding hydrogens is 160 g/mol. The number of piperidine rings is 1. The van der Waals surface area contributed by atoms with Gasteiger partial charge in [-0.1, -0.05) is 11.6 Å². The second-order valence-corrected chi connectivity index (χ2v) is 3.34. The lowest BCUT2D eigenvalue weighted by atomic mass is 10.1. The van der Waals surface area contributed by atoms with E-state index >= 15 is 0 Å². The Morgan fingerprint density at radius 3 is 3.08 bits per heavy atom. The minimum absolute atomic E-state index is 1.02. The van der Waals surface area contributed by atoms with Crippen molar-refractivity contribution in [2.24, 2.45) is 0 Å². The number of hydrogen-bond donors (Lipinski definition) is 1. The van der Waals surface area contributed by atoms with E-state index in [1.54, 1.807) is 0 Å². The lowest BCUT2D eigenvalue weighted by Gasteiger charge is -2.14. The third-order valence-electron chi connectivity index (χ3n) is 2.24. The molecule has 1 aromatic rings. The molecule has 2 heterocycles. The summed E-state index contributed by atoms with van der Waals surface area (Å²) in [5.74, 6) is 0. The number of nitrogens with zero attached hydrogens (tertiary/aromatic N) is 1. The zero-order valence-corrected chi connectivity index (χ0v) is 7.66. The summed E-state index contributed by atoms with van der Waals surface area (Å²) in [5.41, 5.74) is 2.53. The Balaban J connectivity index is 2.10. The van der Waals surface area contributed by atoms with Gasteiger partial charge in [0.1, 0.15) is 0 Å². The topological polar surface area (TPSA) is 24.9 Å². The van der Waals surface area contributed by atoms with Gasteiger partial charge in [-0.05, 0) is 37.6 Å². The quantitative estimate of drug-likeness (QED) is 0.702. The van der Waals surface area contributed by atoms with Crippen molar-refractivity contribution in [2.45, 2.75) is 12.8 Å². The highest BCUT2D eigenvalue weighted by Gasteiger charge is 2.03. The Labute approximate surface area is 78.7 Å². The number of nitrogens with one attached hydrogen (secondary N) is 1. The molecule has 1 fully saturated rings. The normalized spacial score (nSPS) is 20.5. The first-order chi connectivity index (χ1) is 6.45. The highest BCUT2D eigenvalue weighted by Crippen LogP contribution is 2.11. The van der Waals surface area contributed by atoms with Crippen LogP contribution in [0.3, 0.4) is 0 Å². The highest BCUT2D eigenvalue weighted by molar-refractivity contribution is 5.49. The Morgan fingerprint density at radius 2 is 2.38 bits per heavy atom. The Bertz CT molecular complexity index is 282. The van der Waals surface area contributed by atoms with Crippen molar-refractivity contribution >= 4 is 6.08 Å². The molecule has 1 aliphatic rings. The minimum atomic E-state index is 1.02. The van der Waals surface area contributed by atoms with Gasteiger partial charge in [0.2, 0.25) is 0 Å². The predicted molar refractivity (Wildman–Crippen MR) is 54.3 cm³/mol. The summed E-state index contributed by atoms with van der Waals surface area (Å²) in [6.45, 7) is 2.18. The fraction of sp³-hybridized carbons (Fsp3) is 0.364. The summed E-state index contributed by atoms with van der Waals surface area (Å²) in [6, 6.07) is 6.01. The Kier molecular flexibility index (Phi) is 2.72. The third-order valence-corrected chi connectivity index (χ3v) is 2.24. The van der Waals surface area contributed by atoms with E-state index in [-0.39, 0.29) is 0 Å². The van der Waals surface area contributed by atoms with E-state index in [4.69, 9.17) is 0 Å². The molecule has 0 amide bonds. The molecule has 0 bridgehead atoms. The van der Waals surface area contributed by atoms with Crippen molar-refractivity contribution in [3.8, 4) is 0 Å². The lowest BCUT2D eigenvalue weighted by Crippen LogP contribution is -2.23. The molecule has 0 unspecified atom stereocenters. The number of rotatable bonds is 1. The predicted octanol–water partition coefficient (Wildman–Crippen LogP) is 1.85. The molecule has 1 aromatic heterocycles. The van der Waals surface area contributed by atoms with Crippen molar-refractivity contribution in [2.75, 3.05) is 13.1 Å². The molecule has 2 rings (SSSR count). The van der Waals surface area contributed by atoms with Crippen LogP contribution in [0.4, 0.5) is 0 Å². The van der Waals surface area contributed by atoms with Gasteiger partial charge in [0, 0.05) is 12.7 Å². The van der Waals surface area contributed by atoms with Crippen molar-refractivity contribution < 1.29 is 0 Å². The van der Waals surface area contributed by atoms with Crippen LogP contribution in [0.25, 0.3) is 6.08 Å². The van der Waals surface area contributed by atoms with E-state index in [0.717, 1.165) is 18.8 Å². The number of pyridine rings is 1. The van der Waals surface area contributed by atoms with E-state index in [1.807, 2.05) is 24.4 Å². The van der Waals surface area contributed by atoms with Crippen LogP contribution in [0.2, 0.25) is 0 Å². The van der Waals surface area contributed by atoms with Gasteiger partial charge in [0.05, 0.1) is 5.69 Å². The van der Waals surface area contributed by atoms with Gasteiger partial charge in [-0.15, -0.1) is 0 Å². The minimum Gasteiger partial charge on any atom is -0.313 e. The van der Waals surface area contributed by atoms with Gasteiger partial charge >= 0.3 is 0 Å². The van der Waals surface area contributed by atoms with Crippen LogP contribution in [-0.4, -0.2) is 18.1 Å². The van der Waals surface area contributed by atoms with Crippen LogP contribution in [0.5, 0.6) is 0 Å². The summed E-state index contributed by atoms with van der Waals surface area (Å²) in [5, 5.41) is 3.36. The molecule has 13 heavy (non-hydrogen) atoms. The molecule has 0 atom stereocenters. The summed E-state index contributed by atoms with van der Waals surface area (Å²) in [4.78, 5) is 4.27. The van der Waals surface area contributed by atoms with Crippen LogP contribution in [0, 0.1) is 0 Å². The maximum atomic E-state index is 4.27. The molecule has 0 saturated carbocycles. The van der Waals surface area contributed by atoms with Crippen LogP contribution in [-0.2, 0) is 0 Å². The Hall–Kier alpha value is -1.15. The maximum Gasteiger partial charge on any atom is 0.0629 e. The van der Waals surface area contributed by atoms with E-state index in [0.29, 0.717) is 0 Å².